The molecule has 0 bridgehead atoms. The SMILES string of the molecule is O=C(Nc1cccc(OCc2cccc(F)c2)c1)N1CCCCCC1c1ccncc1. The maximum atomic E-state index is 13.3. The van der Waals surface area contributed by atoms with Gasteiger partial charge in [0.15, 0.2) is 0 Å². The first-order chi connectivity index (χ1) is 15.2. The van der Waals surface area contributed by atoms with Crippen molar-refractivity contribution in [3.05, 3.63) is 90.0 Å². The van der Waals surface area contributed by atoms with Gasteiger partial charge in [0.25, 0.3) is 0 Å². The fourth-order valence-corrected chi connectivity index (χ4v) is 3.94. The molecule has 5 nitrogen and oxygen atoms in total. The van der Waals surface area contributed by atoms with Gasteiger partial charge in [-0.1, -0.05) is 31.0 Å². The van der Waals surface area contributed by atoms with Crippen molar-refractivity contribution in [2.75, 3.05) is 11.9 Å². The van der Waals surface area contributed by atoms with Gasteiger partial charge in [-0.15, -0.1) is 0 Å². The standard InChI is InChI=1S/C25H26FN3O2/c26-21-7-4-6-19(16-21)18-31-23-9-5-8-22(17-23)28-25(30)29-15-3-1-2-10-24(29)20-11-13-27-14-12-20/h4-9,11-14,16-17,24H,1-3,10,15,18H2,(H,28,30). The summed E-state index contributed by atoms with van der Waals surface area (Å²) in [5.74, 6) is 0.326. The monoisotopic (exact) mass is 419 g/mol. The molecule has 1 fully saturated rings. The minimum absolute atomic E-state index is 0.0397. The zero-order valence-electron chi connectivity index (χ0n) is 17.3. The number of aromatic nitrogens is 1. The van der Waals surface area contributed by atoms with Gasteiger partial charge in [-0.25, -0.2) is 9.18 Å². The van der Waals surface area contributed by atoms with E-state index in [0.29, 0.717) is 18.0 Å². The number of benzene rings is 2. The maximum Gasteiger partial charge on any atom is 0.322 e. The Kier molecular flexibility index (Phi) is 6.77. The smallest absolute Gasteiger partial charge is 0.322 e. The predicted molar refractivity (Wildman–Crippen MR) is 118 cm³/mol. The summed E-state index contributed by atoms with van der Waals surface area (Å²) < 4.78 is 19.1. The van der Waals surface area contributed by atoms with E-state index >= 15 is 0 Å². The van der Waals surface area contributed by atoms with Crippen molar-refractivity contribution in [1.82, 2.24) is 9.88 Å². The summed E-state index contributed by atoms with van der Waals surface area (Å²) in [6.45, 7) is 0.972. The number of rotatable bonds is 5. The Morgan fingerprint density at radius 2 is 1.90 bits per heavy atom. The number of pyridine rings is 1. The molecular weight excluding hydrogens is 393 g/mol. The molecule has 1 aliphatic rings. The Morgan fingerprint density at radius 3 is 2.74 bits per heavy atom. The molecule has 0 saturated carbocycles. The highest BCUT2D eigenvalue weighted by atomic mass is 19.1. The van der Waals surface area contributed by atoms with Crippen LogP contribution >= 0.6 is 0 Å². The average Bonchev–Trinajstić information content (AvgIpc) is 3.05. The van der Waals surface area contributed by atoms with Crippen molar-refractivity contribution >= 4 is 11.7 Å². The third kappa shape index (κ3) is 5.60. The van der Waals surface area contributed by atoms with Crippen LogP contribution in [0.15, 0.2) is 73.1 Å². The van der Waals surface area contributed by atoms with Crippen molar-refractivity contribution in [2.24, 2.45) is 0 Å². The molecule has 0 radical (unpaired) electrons. The number of nitrogens with zero attached hydrogens (tertiary/aromatic N) is 2. The number of anilines is 1. The number of hydrogen-bond acceptors (Lipinski definition) is 3. The van der Waals surface area contributed by atoms with Gasteiger partial charge in [-0.05, 0) is 60.4 Å². The molecule has 160 valence electrons. The highest BCUT2D eigenvalue weighted by Crippen LogP contribution is 2.30. The lowest BCUT2D eigenvalue weighted by Crippen LogP contribution is -2.38. The Bertz CT molecular complexity index is 1010. The minimum atomic E-state index is -0.289. The van der Waals surface area contributed by atoms with Crippen LogP contribution in [0.2, 0.25) is 0 Å². The molecule has 2 aromatic carbocycles. The number of likely N-dealkylation sites (tertiary alicyclic amines) is 1. The number of hydrogen-bond donors (Lipinski definition) is 1. The van der Waals surface area contributed by atoms with E-state index in [1.54, 1.807) is 24.5 Å². The van der Waals surface area contributed by atoms with Crippen molar-refractivity contribution in [1.29, 1.82) is 0 Å². The normalized spacial score (nSPS) is 16.4. The molecule has 6 heteroatoms. The molecule has 2 heterocycles. The summed E-state index contributed by atoms with van der Waals surface area (Å²) in [6.07, 6.45) is 7.69. The number of urea groups is 1. The summed E-state index contributed by atoms with van der Waals surface area (Å²) in [7, 11) is 0. The van der Waals surface area contributed by atoms with Gasteiger partial charge in [0.05, 0.1) is 6.04 Å². The van der Waals surface area contributed by atoms with Gasteiger partial charge in [0.1, 0.15) is 18.2 Å². The third-order valence-electron chi connectivity index (χ3n) is 5.48. The van der Waals surface area contributed by atoms with Crippen LogP contribution in [0.1, 0.15) is 42.9 Å². The number of ether oxygens (including phenoxy) is 1. The Hall–Kier alpha value is -3.41. The average molecular weight is 420 g/mol. The van der Waals surface area contributed by atoms with Crippen LogP contribution in [-0.4, -0.2) is 22.5 Å². The molecule has 3 aromatic rings. The zero-order valence-corrected chi connectivity index (χ0v) is 17.3. The quantitative estimate of drug-likeness (QED) is 0.556. The lowest BCUT2D eigenvalue weighted by Gasteiger charge is -2.30. The fourth-order valence-electron chi connectivity index (χ4n) is 3.94. The first-order valence-electron chi connectivity index (χ1n) is 10.6. The van der Waals surface area contributed by atoms with E-state index in [-0.39, 0.29) is 24.5 Å². The zero-order chi connectivity index (χ0) is 21.5. The molecular formula is C25H26FN3O2. The lowest BCUT2D eigenvalue weighted by molar-refractivity contribution is 0.189. The fraction of sp³-hybridized carbons (Fsp3) is 0.280. The van der Waals surface area contributed by atoms with Crippen molar-refractivity contribution in [3.8, 4) is 5.75 Å². The van der Waals surface area contributed by atoms with Gasteiger partial charge >= 0.3 is 6.03 Å². The molecule has 1 saturated heterocycles. The Morgan fingerprint density at radius 1 is 1.06 bits per heavy atom. The molecule has 1 atom stereocenters. The van der Waals surface area contributed by atoms with Gasteiger partial charge in [-0.3, -0.25) is 4.98 Å². The van der Waals surface area contributed by atoms with Crippen LogP contribution in [0, 0.1) is 5.82 Å². The van der Waals surface area contributed by atoms with Crippen LogP contribution in [0.5, 0.6) is 5.75 Å². The molecule has 1 aromatic heterocycles. The highest BCUT2D eigenvalue weighted by molar-refractivity contribution is 5.89. The van der Waals surface area contributed by atoms with Crippen LogP contribution < -0.4 is 10.1 Å². The van der Waals surface area contributed by atoms with E-state index in [2.05, 4.69) is 10.3 Å². The number of nitrogens with one attached hydrogen (secondary N) is 1. The molecule has 31 heavy (non-hydrogen) atoms. The second-order valence-corrected chi connectivity index (χ2v) is 7.72. The summed E-state index contributed by atoms with van der Waals surface area (Å²) in [5.41, 5.74) is 2.53. The molecule has 4 rings (SSSR count). The summed E-state index contributed by atoms with van der Waals surface area (Å²) in [4.78, 5) is 19.2. The number of carbonyl (C=O) groups is 1. The number of carbonyl (C=O) groups excluding carboxylic acids is 1. The van der Waals surface area contributed by atoms with E-state index in [4.69, 9.17) is 4.74 Å². The minimum Gasteiger partial charge on any atom is -0.489 e. The van der Waals surface area contributed by atoms with Gasteiger partial charge in [0, 0.05) is 30.7 Å². The topological polar surface area (TPSA) is 54.5 Å². The molecule has 1 unspecified atom stereocenters. The highest BCUT2D eigenvalue weighted by Gasteiger charge is 2.26. The van der Waals surface area contributed by atoms with Crippen LogP contribution in [0.3, 0.4) is 0 Å². The molecule has 2 amide bonds. The van der Waals surface area contributed by atoms with E-state index in [1.165, 1.54) is 12.1 Å². The van der Waals surface area contributed by atoms with E-state index in [0.717, 1.165) is 36.8 Å². The molecule has 1 aliphatic heterocycles. The third-order valence-corrected chi connectivity index (χ3v) is 5.48. The largest absolute Gasteiger partial charge is 0.489 e. The predicted octanol–water partition coefficient (Wildman–Crippen LogP) is 5.95. The first kappa shape index (κ1) is 20.8. The van der Waals surface area contributed by atoms with Crippen LogP contribution in [0.4, 0.5) is 14.9 Å². The number of amides is 2. The molecule has 1 N–H and O–H groups in total. The summed E-state index contributed by atoms with van der Waals surface area (Å²) in [6, 6.07) is 17.5. The van der Waals surface area contributed by atoms with Gasteiger partial charge in [-0.2, -0.15) is 0 Å². The van der Waals surface area contributed by atoms with Crippen molar-refractivity contribution in [2.45, 2.75) is 38.3 Å². The Labute approximate surface area is 181 Å². The maximum absolute atomic E-state index is 13.3. The first-order valence-corrected chi connectivity index (χ1v) is 10.6. The summed E-state index contributed by atoms with van der Waals surface area (Å²) in [5, 5.41) is 3.02. The Balaban J connectivity index is 1.44. The van der Waals surface area contributed by atoms with Crippen molar-refractivity contribution < 1.29 is 13.9 Å². The van der Waals surface area contributed by atoms with E-state index in [1.807, 2.05) is 41.3 Å². The van der Waals surface area contributed by atoms with Crippen LogP contribution in [-0.2, 0) is 6.61 Å². The van der Waals surface area contributed by atoms with E-state index in [9.17, 15) is 9.18 Å². The van der Waals surface area contributed by atoms with Crippen LogP contribution in [0.25, 0.3) is 0 Å². The lowest BCUT2D eigenvalue weighted by atomic mass is 10.0. The molecule has 0 aliphatic carbocycles. The van der Waals surface area contributed by atoms with E-state index < -0.39 is 0 Å². The second kappa shape index (κ2) is 10.1. The van der Waals surface area contributed by atoms with Gasteiger partial charge in [0.2, 0.25) is 0 Å². The molecule has 0 spiro atoms. The summed E-state index contributed by atoms with van der Waals surface area (Å²) >= 11 is 0. The van der Waals surface area contributed by atoms with Gasteiger partial charge < -0.3 is 15.0 Å². The second-order valence-electron chi connectivity index (χ2n) is 7.72. The van der Waals surface area contributed by atoms with Crippen molar-refractivity contribution in [3.63, 3.8) is 0 Å². The number of halogens is 1.